The highest BCUT2D eigenvalue weighted by Gasteiger charge is 2.21. The summed E-state index contributed by atoms with van der Waals surface area (Å²) in [6.07, 6.45) is -1.75. The molecule has 1 saturated heterocycles. The van der Waals surface area contributed by atoms with E-state index in [0.717, 1.165) is 5.56 Å². The van der Waals surface area contributed by atoms with Crippen LogP contribution in [0.1, 0.15) is 18.4 Å². The average Bonchev–Trinajstić information content (AvgIpc) is 3.09. The van der Waals surface area contributed by atoms with Gasteiger partial charge in [0, 0.05) is 6.42 Å². The SMILES string of the molecule is I.O=C(O)CC[C@H](NC(=O)OCc1ccccc1)C(=O)O.O=C1NCCO1. The van der Waals surface area contributed by atoms with E-state index in [-0.39, 0.29) is 49.5 Å². The zero-order valence-corrected chi connectivity index (χ0v) is 16.6. The zero-order chi connectivity index (χ0) is 19.4. The summed E-state index contributed by atoms with van der Waals surface area (Å²) in [5, 5.41) is 21.9. The number of carbonyl (C=O) groups excluding carboxylic acids is 2. The molecular weight excluding hydrogens is 475 g/mol. The maximum atomic E-state index is 11.4. The van der Waals surface area contributed by atoms with Crippen LogP contribution >= 0.6 is 24.0 Å². The summed E-state index contributed by atoms with van der Waals surface area (Å²) < 4.78 is 9.26. The molecule has 1 aliphatic heterocycles. The number of rotatable bonds is 7. The quantitative estimate of drug-likeness (QED) is 0.416. The molecule has 0 aliphatic carbocycles. The lowest BCUT2D eigenvalue weighted by atomic mass is 10.1. The Labute approximate surface area is 172 Å². The molecule has 27 heavy (non-hydrogen) atoms. The Morgan fingerprint density at radius 2 is 1.89 bits per heavy atom. The van der Waals surface area contributed by atoms with Crippen molar-refractivity contribution in [2.24, 2.45) is 0 Å². The van der Waals surface area contributed by atoms with Crippen LogP contribution in [0, 0.1) is 0 Å². The van der Waals surface area contributed by atoms with E-state index in [0.29, 0.717) is 13.2 Å². The van der Waals surface area contributed by atoms with Gasteiger partial charge in [0.25, 0.3) is 0 Å². The number of amides is 2. The number of halogens is 1. The van der Waals surface area contributed by atoms with Gasteiger partial charge in [0.2, 0.25) is 0 Å². The Morgan fingerprint density at radius 1 is 1.22 bits per heavy atom. The molecule has 1 aromatic rings. The summed E-state index contributed by atoms with van der Waals surface area (Å²) in [4.78, 5) is 42.6. The fourth-order valence-electron chi connectivity index (χ4n) is 1.78. The van der Waals surface area contributed by atoms with E-state index in [4.69, 9.17) is 14.9 Å². The first-order chi connectivity index (χ1) is 12.4. The number of alkyl carbamates (subject to hydrolysis) is 2. The van der Waals surface area contributed by atoms with Crippen molar-refractivity contribution in [1.82, 2.24) is 10.6 Å². The van der Waals surface area contributed by atoms with E-state index < -0.39 is 24.1 Å². The number of hydrogen-bond acceptors (Lipinski definition) is 6. The number of aliphatic carboxylic acids is 2. The molecule has 0 spiro atoms. The molecule has 4 N–H and O–H groups in total. The third kappa shape index (κ3) is 11.6. The third-order valence-electron chi connectivity index (χ3n) is 3.05. The van der Waals surface area contributed by atoms with Gasteiger partial charge in [-0.3, -0.25) is 4.79 Å². The van der Waals surface area contributed by atoms with Crippen molar-refractivity contribution < 1.29 is 38.9 Å². The summed E-state index contributed by atoms with van der Waals surface area (Å²) >= 11 is 0. The van der Waals surface area contributed by atoms with E-state index in [1.165, 1.54) is 0 Å². The van der Waals surface area contributed by atoms with Crippen molar-refractivity contribution in [3.05, 3.63) is 35.9 Å². The third-order valence-corrected chi connectivity index (χ3v) is 3.05. The predicted molar refractivity (Wildman–Crippen MR) is 103 cm³/mol. The van der Waals surface area contributed by atoms with Crippen LogP contribution in [-0.4, -0.2) is 53.5 Å². The van der Waals surface area contributed by atoms with Crippen LogP contribution in [-0.2, 0) is 25.7 Å². The van der Waals surface area contributed by atoms with Gasteiger partial charge >= 0.3 is 24.1 Å². The smallest absolute Gasteiger partial charge is 0.408 e. The molecule has 1 heterocycles. The summed E-state index contributed by atoms with van der Waals surface area (Å²) in [5.41, 5.74) is 0.764. The van der Waals surface area contributed by atoms with Crippen LogP contribution in [0.4, 0.5) is 9.59 Å². The van der Waals surface area contributed by atoms with Gasteiger partial charge in [0.05, 0.1) is 6.54 Å². The first-order valence-electron chi connectivity index (χ1n) is 7.71. The number of benzene rings is 1. The number of cyclic esters (lactones) is 1. The number of nitrogens with one attached hydrogen (secondary N) is 2. The second-order valence-corrected chi connectivity index (χ2v) is 5.09. The number of hydrogen-bond donors (Lipinski definition) is 4. The molecule has 0 radical (unpaired) electrons. The maximum absolute atomic E-state index is 11.4. The van der Waals surface area contributed by atoms with Crippen molar-refractivity contribution in [2.75, 3.05) is 13.2 Å². The topological polar surface area (TPSA) is 151 Å². The van der Waals surface area contributed by atoms with Crippen LogP contribution in [0.3, 0.4) is 0 Å². The zero-order valence-electron chi connectivity index (χ0n) is 14.3. The number of carbonyl (C=O) groups is 4. The van der Waals surface area contributed by atoms with Gasteiger partial charge in [-0.05, 0) is 12.0 Å². The molecule has 1 fully saturated rings. The van der Waals surface area contributed by atoms with Crippen LogP contribution < -0.4 is 10.6 Å². The second-order valence-electron chi connectivity index (χ2n) is 5.09. The lowest BCUT2D eigenvalue weighted by Gasteiger charge is -2.13. The van der Waals surface area contributed by atoms with Crippen LogP contribution in [0.25, 0.3) is 0 Å². The average molecular weight is 496 g/mol. The molecule has 2 rings (SSSR count). The fraction of sp³-hybridized carbons (Fsp3) is 0.375. The standard InChI is InChI=1S/C13H15NO6.C3H5NO2.HI/c15-11(16)7-6-10(12(17)18)14-13(19)20-8-9-4-2-1-3-5-9;5-3-4-1-2-6-3;/h1-5,10H,6-8H2,(H,14,19)(H,15,16)(H,17,18);1-2H2,(H,4,5);1H/t10-;;/m0../s1. The number of carboxylic acids is 2. The fourth-order valence-corrected chi connectivity index (χ4v) is 1.78. The minimum Gasteiger partial charge on any atom is -0.481 e. The van der Waals surface area contributed by atoms with Crippen molar-refractivity contribution in [3.8, 4) is 0 Å². The van der Waals surface area contributed by atoms with Gasteiger partial charge < -0.3 is 30.3 Å². The number of carboxylic acid groups (broad SMARTS) is 2. The molecule has 0 unspecified atom stereocenters. The van der Waals surface area contributed by atoms with Crippen LogP contribution in [0.2, 0.25) is 0 Å². The van der Waals surface area contributed by atoms with Gasteiger partial charge in [0.1, 0.15) is 19.3 Å². The Kier molecular flexibility index (Phi) is 12.3. The monoisotopic (exact) mass is 496 g/mol. The number of ether oxygens (including phenoxy) is 2. The summed E-state index contributed by atoms with van der Waals surface area (Å²) in [5.74, 6) is -2.43. The van der Waals surface area contributed by atoms with E-state index in [2.05, 4.69) is 15.4 Å². The second kappa shape index (κ2) is 13.6. The molecule has 1 aliphatic rings. The Hall–Kier alpha value is -2.57. The first-order valence-corrected chi connectivity index (χ1v) is 7.71. The molecule has 10 nitrogen and oxygen atoms in total. The molecule has 11 heteroatoms. The maximum Gasteiger partial charge on any atom is 0.408 e. The van der Waals surface area contributed by atoms with Gasteiger partial charge in [-0.25, -0.2) is 14.4 Å². The van der Waals surface area contributed by atoms with Gasteiger partial charge in [-0.1, -0.05) is 30.3 Å². The van der Waals surface area contributed by atoms with Crippen molar-refractivity contribution >= 4 is 48.1 Å². The Bertz CT molecular complexity index is 618. The summed E-state index contributed by atoms with van der Waals surface area (Å²) in [6, 6.07) is 7.61. The molecule has 0 saturated carbocycles. The van der Waals surface area contributed by atoms with Crippen molar-refractivity contribution in [1.29, 1.82) is 0 Å². The minimum absolute atomic E-state index is 0. The van der Waals surface area contributed by atoms with Crippen molar-refractivity contribution in [3.63, 3.8) is 0 Å². The van der Waals surface area contributed by atoms with Crippen molar-refractivity contribution in [2.45, 2.75) is 25.5 Å². The van der Waals surface area contributed by atoms with E-state index in [1.807, 2.05) is 6.07 Å². The highest BCUT2D eigenvalue weighted by molar-refractivity contribution is 14.0. The lowest BCUT2D eigenvalue weighted by molar-refractivity contribution is -0.140. The molecule has 1 aromatic carbocycles. The summed E-state index contributed by atoms with van der Waals surface area (Å²) in [7, 11) is 0. The minimum atomic E-state index is -1.30. The van der Waals surface area contributed by atoms with E-state index in [1.54, 1.807) is 24.3 Å². The molecule has 1 atom stereocenters. The molecular formula is C16H21IN2O8. The van der Waals surface area contributed by atoms with Gasteiger partial charge in [-0.15, -0.1) is 24.0 Å². The molecule has 0 bridgehead atoms. The predicted octanol–water partition coefficient (Wildman–Crippen LogP) is 1.57. The Morgan fingerprint density at radius 3 is 2.33 bits per heavy atom. The van der Waals surface area contributed by atoms with E-state index >= 15 is 0 Å². The highest BCUT2D eigenvalue weighted by Crippen LogP contribution is 2.02. The summed E-state index contributed by atoms with van der Waals surface area (Å²) in [6.45, 7) is 1.20. The molecule has 0 aromatic heterocycles. The first kappa shape index (κ1) is 24.4. The molecule has 2 amide bonds. The normalized spacial score (nSPS) is 12.8. The largest absolute Gasteiger partial charge is 0.481 e. The lowest BCUT2D eigenvalue weighted by Crippen LogP contribution is -2.41. The van der Waals surface area contributed by atoms with Crippen LogP contribution in [0.15, 0.2) is 30.3 Å². The van der Waals surface area contributed by atoms with Gasteiger partial charge in [0.15, 0.2) is 0 Å². The van der Waals surface area contributed by atoms with Gasteiger partial charge in [-0.2, -0.15) is 0 Å². The molecule has 150 valence electrons. The Balaban J connectivity index is 0.000000817. The highest BCUT2D eigenvalue weighted by atomic mass is 127. The van der Waals surface area contributed by atoms with Crippen LogP contribution in [0.5, 0.6) is 0 Å². The van der Waals surface area contributed by atoms with E-state index in [9.17, 15) is 19.2 Å².